The van der Waals surface area contributed by atoms with Crippen molar-refractivity contribution in [2.75, 3.05) is 93.6 Å². The standard InChI is InChI=1S/C40H54Cl2N6O8S/c1-6-56-35-16-15-33(57(51,52)48(21-23-53-3)22-24-54-4)25-34(35)40(39(50)47-19-17-46(18-20-47)26-36(49)43-28(2)27-55-5)44-37(29-7-11-31(41)12-8-29)38(45-40)30-9-13-32(42)14-10-30/h7-16,25,28,37-38,44-45H,6,17-24,26-27H2,1-5H3,(H,43,49). The Hall–Kier alpha value is -3.35. The summed E-state index contributed by atoms with van der Waals surface area (Å²) in [6, 6.07) is 18.2. The second-order valence-electron chi connectivity index (χ2n) is 14.1. The molecule has 0 radical (unpaired) electrons. The van der Waals surface area contributed by atoms with Crippen molar-refractivity contribution >= 4 is 45.0 Å². The van der Waals surface area contributed by atoms with E-state index in [0.717, 1.165) is 11.1 Å². The Morgan fingerprint density at radius 3 is 1.89 bits per heavy atom. The van der Waals surface area contributed by atoms with Crippen molar-refractivity contribution in [1.29, 1.82) is 0 Å². The highest BCUT2D eigenvalue weighted by atomic mass is 35.5. The molecule has 0 bridgehead atoms. The van der Waals surface area contributed by atoms with Crippen molar-refractivity contribution in [3.05, 3.63) is 93.5 Å². The first-order chi connectivity index (χ1) is 27.4. The van der Waals surface area contributed by atoms with E-state index in [2.05, 4.69) is 16.0 Å². The first-order valence-electron chi connectivity index (χ1n) is 19.0. The van der Waals surface area contributed by atoms with Crippen LogP contribution < -0.4 is 20.7 Å². The van der Waals surface area contributed by atoms with Crippen LogP contribution in [-0.2, 0) is 39.5 Å². The normalized spacial score (nSPS) is 20.8. The minimum absolute atomic E-state index is 0.0274. The lowest BCUT2D eigenvalue weighted by Crippen LogP contribution is -2.62. The van der Waals surface area contributed by atoms with E-state index in [-0.39, 0.29) is 62.2 Å². The molecule has 2 fully saturated rings. The maximum atomic E-state index is 15.5. The fourth-order valence-corrected chi connectivity index (χ4v) is 8.94. The van der Waals surface area contributed by atoms with Crippen LogP contribution >= 0.6 is 23.2 Å². The largest absolute Gasteiger partial charge is 0.493 e. The molecule has 3 unspecified atom stereocenters. The zero-order chi connectivity index (χ0) is 41.2. The number of methoxy groups -OCH3 is 3. The summed E-state index contributed by atoms with van der Waals surface area (Å²) in [5.74, 6) is -0.130. The van der Waals surface area contributed by atoms with Crippen LogP contribution in [0.25, 0.3) is 0 Å². The fraction of sp³-hybridized carbons (Fsp3) is 0.500. The second kappa shape index (κ2) is 20.6. The highest BCUT2D eigenvalue weighted by Gasteiger charge is 2.55. The van der Waals surface area contributed by atoms with Gasteiger partial charge in [-0.15, -0.1) is 0 Å². The van der Waals surface area contributed by atoms with Gasteiger partial charge in [0.15, 0.2) is 5.66 Å². The molecule has 2 saturated heterocycles. The molecule has 0 aliphatic carbocycles. The molecule has 14 nitrogen and oxygen atoms in total. The van der Waals surface area contributed by atoms with Gasteiger partial charge in [0.1, 0.15) is 5.75 Å². The quantitative estimate of drug-likeness (QED) is 0.162. The van der Waals surface area contributed by atoms with Gasteiger partial charge in [-0.1, -0.05) is 47.5 Å². The summed E-state index contributed by atoms with van der Waals surface area (Å²) in [5, 5.41) is 11.4. The van der Waals surface area contributed by atoms with Crippen LogP contribution in [-0.4, -0.2) is 134 Å². The number of hydrogen-bond donors (Lipinski definition) is 3. The van der Waals surface area contributed by atoms with Crippen molar-refractivity contribution in [3.8, 4) is 5.75 Å². The van der Waals surface area contributed by atoms with Gasteiger partial charge in [0.2, 0.25) is 15.9 Å². The van der Waals surface area contributed by atoms with Gasteiger partial charge in [-0.3, -0.25) is 25.1 Å². The van der Waals surface area contributed by atoms with Crippen LogP contribution in [0.15, 0.2) is 71.6 Å². The van der Waals surface area contributed by atoms with Gasteiger partial charge in [0.25, 0.3) is 5.91 Å². The van der Waals surface area contributed by atoms with E-state index in [9.17, 15) is 13.2 Å². The van der Waals surface area contributed by atoms with Crippen LogP contribution in [0.5, 0.6) is 5.75 Å². The molecule has 0 saturated carbocycles. The molecule has 2 aliphatic heterocycles. The minimum atomic E-state index is -4.12. The van der Waals surface area contributed by atoms with E-state index < -0.39 is 27.8 Å². The number of nitrogens with one attached hydrogen (secondary N) is 3. The zero-order valence-electron chi connectivity index (χ0n) is 33.1. The summed E-state index contributed by atoms with van der Waals surface area (Å²) in [5.41, 5.74) is 0.279. The van der Waals surface area contributed by atoms with E-state index in [4.69, 9.17) is 42.1 Å². The van der Waals surface area contributed by atoms with E-state index >= 15 is 4.79 Å². The monoisotopic (exact) mass is 848 g/mol. The Morgan fingerprint density at radius 2 is 1.40 bits per heavy atom. The Balaban J connectivity index is 1.61. The van der Waals surface area contributed by atoms with Gasteiger partial charge in [0.05, 0.1) is 50.0 Å². The van der Waals surface area contributed by atoms with Crippen molar-refractivity contribution in [2.45, 2.75) is 42.5 Å². The van der Waals surface area contributed by atoms with E-state index in [1.807, 2.05) is 43.0 Å². The minimum Gasteiger partial charge on any atom is -0.493 e. The molecule has 57 heavy (non-hydrogen) atoms. The third kappa shape index (κ3) is 10.8. The average Bonchev–Trinajstić information content (AvgIpc) is 3.60. The third-order valence-corrected chi connectivity index (χ3v) is 12.5. The van der Waals surface area contributed by atoms with Crippen LogP contribution in [0.1, 0.15) is 42.6 Å². The number of piperazine rings is 1. The maximum absolute atomic E-state index is 15.5. The molecule has 312 valence electrons. The van der Waals surface area contributed by atoms with Gasteiger partial charge >= 0.3 is 0 Å². The van der Waals surface area contributed by atoms with Crippen LogP contribution in [0.4, 0.5) is 0 Å². The summed E-state index contributed by atoms with van der Waals surface area (Å²) in [6.45, 7) is 6.56. The number of halogens is 2. The van der Waals surface area contributed by atoms with Crippen LogP contribution in [0.2, 0.25) is 10.0 Å². The molecule has 3 atom stereocenters. The molecular formula is C40H54Cl2N6O8S. The lowest BCUT2D eigenvalue weighted by molar-refractivity contribution is -0.141. The molecule has 2 aliphatic rings. The predicted octanol–water partition coefficient (Wildman–Crippen LogP) is 3.80. The number of rotatable bonds is 19. The van der Waals surface area contributed by atoms with Gasteiger partial charge in [0, 0.05) is 82.2 Å². The molecule has 0 spiro atoms. The number of carbonyl (C=O) groups is 2. The summed E-state index contributed by atoms with van der Waals surface area (Å²) >= 11 is 12.7. The second-order valence-corrected chi connectivity index (χ2v) is 16.9. The van der Waals surface area contributed by atoms with Crippen LogP contribution in [0.3, 0.4) is 0 Å². The number of benzene rings is 3. The van der Waals surface area contributed by atoms with Gasteiger partial charge in [-0.05, 0) is 67.4 Å². The van der Waals surface area contributed by atoms with Crippen molar-refractivity contribution < 1.29 is 37.0 Å². The van der Waals surface area contributed by atoms with E-state index in [1.165, 1.54) is 30.7 Å². The van der Waals surface area contributed by atoms with E-state index in [1.54, 1.807) is 42.3 Å². The Kier molecular flexibility index (Phi) is 16.1. The van der Waals surface area contributed by atoms with Crippen molar-refractivity contribution in [2.24, 2.45) is 0 Å². The first kappa shape index (κ1) is 44.7. The van der Waals surface area contributed by atoms with Gasteiger partial charge in [-0.2, -0.15) is 4.31 Å². The molecule has 0 aromatic heterocycles. The number of nitrogens with zero attached hydrogens (tertiary/aromatic N) is 3. The number of hydrogen-bond acceptors (Lipinski definition) is 11. The maximum Gasteiger partial charge on any atom is 0.262 e. The third-order valence-electron chi connectivity index (χ3n) is 10.1. The SMILES string of the molecule is CCOc1ccc(S(=O)(=O)N(CCOC)CCOC)cc1C1(C(=O)N2CCN(CC(=O)NC(C)COC)CC2)NC(c2ccc(Cl)cc2)C(c2ccc(Cl)cc2)N1. The Bertz CT molecular complexity index is 1840. The molecule has 3 N–H and O–H groups in total. The van der Waals surface area contributed by atoms with Crippen molar-refractivity contribution in [1.82, 2.24) is 30.1 Å². The van der Waals surface area contributed by atoms with Crippen LogP contribution in [0, 0.1) is 0 Å². The molecule has 5 rings (SSSR count). The van der Waals surface area contributed by atoms with Gasteiger partial charge < -0.3 is 29.2 Å². The van der Waals surface area contributed by atoms with E-state index in [0.29, 0.717) is 54.1 Å². The molecule has 3 aromatic carbocycles. The molecule has 17 heteroatoms. The topological polar surface area (TPSA) is 151 Å². The predicted molar refractivity (Wildman–Crippen MR) is 219 cm³/mol. The average molecular weight is 850 g/mol. The lowest BCUT2D eigenvalue weighted by atomic mass is 9.95. The number of sulfonamides is 1. The number of ether oxygens (including phenoxy) is 4. The highest BCUT2D eigenvalue weighted by Crippen LogP contribution is 2.45. The zero-order valence-corrected chi connectivity index (χ0v) is 35.5. The molecule has 2 heterocycles. The highest BCUT2D eigenvalue weighted by molar-refractivity contribution is 7.89. The summed E-state index contributed by atoms with van der Waals surface area (Å²) in [7, 11) is 0.480. The smallest absolute Gasteiger partial charge is 0.262 e. The first-order valence-corrected chi connectivity index (χ1v) is 21.2. The Labute approximate surface area is 346 Å². The number of amides is 2. The molecular weight excluding hydrogens is 795 g/mol. The summed E-state index contributed by atoms with van der Waals surface area (Å²) in [4.78, 5) is 32.0. The number of carbonyl (C=O) groups excluding carboxylic acids is 2. The van der Waals surface area contributed by atoms with Gasteiger partial charge in [-0.25, -0.2) is 8.42 Å². The molecule has 2 amide bonds. The van der Waals surface area contributed by atoms with Crippen molar-refractivity contribution in [3.63, 3.8) is 0 Å². The summed E-state index contributed by atoms with van der Waals surface area (Å²) in [6.07, 6.45) is 0. The Morgan fingerprint density at radius 1 is 0.860 bits per heavy atom. The fourth-order valence-electron chi connectivity index (χ4n) is 7.25. The lowest BCUT2D eigenvalue weighted by Gasteiger charge is -2.40. The molecule has 3 aromatic rings. The summed E-state index contributed by atoms with van der Waals surface area (Å²) < 4.78 is 51.9.